The first-order chi connectivity index (χ1) is 12.7. The summed E-state index contributed by atoms with van der Waals surface area (Å²) in [6.45, 7) is 4.05. The molecule has 2 aromatic carbocycles. The van der Waals surface area contributed by atoms with Crippen LogP contribution in [0.15, 0.2) is 48.5 Å². The van der Waals surface area contributed by atoms with Crippen LogP contribution < -0.4 is 20.9 Å². The average molecular weight is 357 g/mol. The molecule has 26 heavy (non-hydrogen) atoms. The van der Waals surface area contributed by atoms with Gasteiger partial charge in [-0.1, -0.05) is 24.3 Å². The largest absolute Gasteiger partial charge is 0.497 e. The highest BCUT2D eigenvalue weighted by Gasteiger charge is 2.28. The van der Waals surface area contributed by atoms with Gasteiger partial charge in [0, 0.05) is 25.0 Å². The van der Waals surface area contributed by atoms with Crippen LogP contribution in [0.25, 0.3) is 0 Å². The molecule has 1 fully saturated rings. The van der Waals surface area contributed by atoms with Crippen molar-refractivity contribution >= 4 is 0 Å². The van der Waals surface area contributed by atoms with Crippen LogP contribution in [0.5, 0.6) is 5.75 Å². The highest BCUT2D eigenvalue weighted by molar-refractivity contribution is 5.27. The van der Waals surface area contributed by atoms with Crippen LogP contribution >= 0.6 is 0 Å². The van der Waals surface area contributed by atoms with Crippen molar-refractivity contribution in [2.45, 2.75) is 31.8 Å². The van der Waals surface area contributed by atoms with Gasteiger partial charge in [0.25, 0.3) is 0 Å². The molecule has 0 radical (unpaired) electrons. The molecular formula is C21H28FN3O. The van der Waals surface area contributed by atoms with Crippen LogP contribution in [-0.2, 0) is 6.42 Å². The van der Waals surface area contributed by atoms with E-state index in [9.17, 15) is 4.39 Å². The van der Waals surface area contributed by atoms with E-state index in [1.165, 1.54) is 17.7 Å². The smallest absolute Gasteiger partial charge is 0.123 e. The third-order valence-electron chi connectivity index (χ3n) is 5.08. The summed E-state index contributed by atoms with van der Waals surface area (Å²) in [7, 11) is 1.69. The lowest BCUT2D eigenvalue weighted by Gasteiger charge is -2.22. The first kappa shape index (κ1) is 18.8. The Morgan fingerprint density at radius 1 is 1.15 bits per heavy atom. The van der Waals surface area contributed by atoms with Gasteiger partial charge < -0.3 is 10.1 Å². The van der Waals surface area contributed by atoms with E-state index < -0.39 is 0 Å². The minimum absolute atomic E-state index is 0.193. The van der Waals surface area contributed by atoms with Gasteiger partial charge in [0.05, 0.1) is 13.2 Å². The van der Waals surface area contributed by atoms with Crippen molar-refractivity contribution < 1.29 is 9.13 Å². The Bertz CT molecular complexity index is 675. The molecule has 1 saturated heterocycles. The van der Waals surface area contributed by atoms with E-state index in [0.717, 1.165) is 37.2 Å². The number of hydrazine groups is 1. The van der Waals surface area contributed by atoms with Crippen LogP contribution in [0.3, 0.4) is 0 Å². The summed E-state index contributed by atoms with van der Waals surface area (Å²) in [6.07, 6.45) is 2.13. The molecular weight excluding hydrogens is 329 g/mol. The number of nitrogens with one attached hydrogen (secondary N) is 3. The summed E-state index contributed by atoms with van der Waals surface area (Å²) in [4.78, 5) is 0. The zero-order chi connectivity index (χ0) is 18.4. The second kappa shape index (κ2) is 9.12. The maximum Gasteiger partial charge on any atom is 0.123 e. The number of hydrogen-bond acceptors (Lipinski definition) is 4. The average Bonchev–Trinajstić information content (AvgIpc) is 3.14. The van der Waals surface area contributed by atoms with Gasteiger partial charge in [0.1, 0.15) is 11.6 Å². The zero-order valence-electron chi connectivity index (χ0n) is 15.5. The molecule has 3 atom stereocenters. The van der Waals surface area contributed by atoms with Gasteiger partial charge in [-0.3, -0.25) is 5.43 Å². The summed E-state index contributed by atoms with van der Waals surface area (Å²) in [5, 5.41) is 3.65. The quantitative estimate of drug-likeness (QED) is 0.679. The standard InChI is InChI=1S/C21H28FN3O/c1-15(3-4-16-5-11-20(26-2)12-6-16)23-13-18-14-24-25-21(18)17-7-9-19(22)10-8-17/h5-12,15,18,21,23-25H,3-4,13-14H2,1-2H3. The number of hydrogen-bond donors (Lipinski definition) is 3. The SMILES string of the molecule is COc1ccc(CCC(C)NCC2CNNC2c2ccc(F)cc2)cc1. The lowest BCUT2D eigenvalue weighted by atomic mass is 9.94. The van der Waals surface area contributed by atoms with E-state index in [0.29, 0.717) is 12.0 Å². The fourth-order valence-corrected chi connectivity index (χ4v) is 3.38. The van der Waals surface area contributed by atoms with E-state index in [1.807, 2.05) is 24.3 Å². The zero-order valence-corrected chi connectivity index (χ0v) is 15.5. The van der Waals surface area contributed by atoms with Gasteiger partial charge in [0.2, 0.25) is 0 Å². The maximum absolute atomic E-state index is 13.1. The Balaban J connectivity index is 1.45. The molecule has 0 spiro atoms. The number of benzene rings is 2. The molecule has 4 nitrogen and oxygen atoms in total. The Kier molecular flexibility index (Phi) is 6.61. The lowest BCUT2D eigenvalue weighted by molar-refractivity contribution is 0.405. The third-order valence-corrected chi connectivity index (χ3v) is 5.08. The minimum Gasteiger partial charge on any atom is -0.497 e. The molecule has 1 aliphatic rings. The summed E-state index contributed by atoms with van der Waals surface area (Å²) in [5.74, 6) is 1.14. The van der Waals surface area contributed by atoms with Gasteiger partial charge in [-0.25, -0.2) is 9.82 Å². The predicted molar refractivity (Wildman–Crippen MR) is 103 cm³/mol. The van der Waals surface area contributed by atoms with Crippen LogP contribution in [0.1, 0.15) is 30.5 Å². The van der Waals surface area contributed by atoms with Crippen molar-refractivity contribution in [2.75, 3.05) is 20.2 Å². The summed E-state index contributed by atoms with van der Waals surface area (Å²) < 4.78 is 18.3. The van der Waals surface area contributed by atoms with Crippen molar-refractivity contribution in [2.24, 2.45) is 5.92 Å². The van der Waals surface area contributed by atoms with Crippen molar-refractivity contribution in [1.29, 1.82) is 0 Å². The second-order valence-electron chi connectivity index (χ2n) is 7.01. The minimum atomic E-state index is -0.193. The summed E-state index contributed by atoms with van der Waals surface area (Å²) in [6, 6.07) is 15.7. The molecule has 0 amide bonds. The fourth-order valence-electron chi connectivity index (χ4n) is 3.38. The van der Waals surface area contributed by atoms with Gasteiger partial charge in [0.15, 0.2) is 0 Å². The third kappa shape index (κ3) is 5.04. The molecule has 0 aliphatic carbocycles. The highest BCUT2D eigenvalue weighted by Crippen LogP contribution is 2.24. The Hall–Kier alpha value is -1.95. The molecule has 1 aliphatic heterocycles. The number of halogens is 1. The lowest BCUT2D eigenvalue weighted by Crippen LogP contribution is -2.34. The van der Waals surface area contributed by atoms with Crippen LogP contribution in [0.2, 0.25) is 0 Å². The predicted octanol–water partition coefficient (Wildman–Crippen LogP) is 3.21. The molecule has 140 valence electrons. The molecule has 5 heteroatoms. The van der Waals surface area contributed by atoms with Crippen molar-refractivity contribution in [1.82, 2.24) is 16.2 Å². The monoisotopic (exact) mass is 357 g/mol. The molecule has 1 heterocycles. The van der Waals surface area contributed by atoms with Crippen molar-refractivity contribution in [3.05, 3.63) is 65.5 Å². The van der Waals surface area contributed by atoms with Gasteiger partial charge in [-0.2, -0.15) is 0 Å². The first-order valence-electron chi connectivity index (χ1n) is 9.26. The number of methoxy groups -OCH3 is 1. The number of rotatable bonds is 8. The van der Waals surface area contributed by atoms with E-state index in [1.54, 1.807) is 7.11 Å². The Morgan fingerprint density at radius 2 is 1.88 bits per heavy atom. The maximum atomic E-state index is 13.1. The Morgan fingerprint density at radius 3 is 2.58 bits per heavy atom. The summed E-state index contributed by atoms with van der Waals surface area (Å²) >= 11 is 0. The topological polar surface area (TPSA) is 45.3 Å². The molecule has 3 rings (SSSR count). The highest BCUT2D eigenvalue weighted by atomic mass is 19.1. The van der Waals surface area contributed by atoms with E-state index in [-0.39, 0.29) is 11.9 Å². The van der Waals surface area contributed by atoms with E-state index in [4.69, 9.17) is 4.74 Å². The molecule has 0 aromatic heterocycles. The summed E-state index contributed by atoms with van der Waals surface area (Å²) in [5.41, 5.74) is 8.99. The van der Waals surface area contributed by atoms with Crippen LogP contribution in [0.4, 0.5) is 4.39 Å². The first-order valence-corrected chi connectivity index (χ1v) is 9.26. The molecule has 0 saturated carbocycles. The Labute approximate surface area is 155 Å². The van der Waals surface area contributed by atoms with Crippen molar-refractivity contribution in [3.63, 3.8) is 0 Å². The normalized spacial score (nSPS) is 20.9. The van der Waals surface area contributed by atoms with Crippen molar-refractivity contribution in [3.8, 4) is 5.75 Å². The molecule has 3 N–H and O–H groups in total. The van der Waals surface area contributed by atoms with Gasteiger partial charge in [-0.05, 0) is 55.2 Å². The van der Waals surface area contributed by atoms with E-state index >= 15 is 0 Å². The number of aryl methyl sites for hydroxylation is 1. The second-order valence-corrected chi connectivity index (χ2v) is 7.01. The molecule has 2 aromatic rings. The molecule has 3 unspecified atom stereocenters. The number of ether oxygens (including phenoxy) is 1. The fraction of sp³-hybridized carbons (Fsp3) is 0.429. The van der Waals surface area contributed by atoms with Crippen LogP contribution in [0, 0.1) is 11.7 Å². The molecule has 0 bridgehead atoms. The van der Waals surface area contributed by atoms with Gasteiger partial charge >= 0.3 is 0 Å². The van der Waals surface area contributed by atoms with Gasteiger partial charge in [-0.15, -0.1) is 0 Å². The van der Waals surface area contributed by atoms with E-state index in [2.05, 4.69) is 35.2 Å². The van der Waals surface area contributed by atoms with Crippen LogP contribution in [-0.4, -0.2) is 26.2 Å².